The third kappa shape index (κ3) is 5.64. The lowest BCUT2D eigenvalue weighted by atomic mass is 11.2. The second-order valence-corrected chi connectivity index (χ2v) is 0.899. The van der Waals surface area contributed by atoms with Crippen LogP contribution < -0.4 is 0 Å². The van der Waals surface area contributed by atoms with Gasteiger partial charge in [-0.05, 0) is 5.04 Å². The van der Waals surface area contributed by atoms with E-state index in [1.165, 1.54) is 0 Å². The van der Waals surface area contributed by atoms with Gasteiger partial charge in [-0.15, -0.1) is 0 Å². The van der Waals surface area contributed by atoms with Crippen LogP contribution >= 0.6 is 0 Å². The predicted molar refractivity (Wildman–Crippen MR) is 24.5 cm³/mol. The van der Waals surface area contributed by atoms with Gasteiger partial charge >= 0.3 is 0 Å². The number of hydrogen-bond donors (Lipinski definition) is 0. The minimum absolute atomic E-state index is 0.444. The summed E-state index contributed by atoms with van der Waals surface area (Å²) in [4.78, 5) is 4.01. The van der Waals surface area contributed by atoms with Crippen molar-refractivity contribution < 1.29 is 19.5 Å². The first kappa shape index (κ1) is 6.64. The zero-order chi connectivity index (χ0) is 5.54. The zero-order valence-electron chi connectivity index (χ0n) is 3.92. The summed E-state index contributed by atoms with van der Waals surface area (Å²) in [7, 11) is 0.444. The van der Waals surface area contributed by atoms with Crippen molar-refractivity contribution in [2.24, 2.45) is 0 Å². The molecule has 0 aliphatic carbocycles. The molecular weight excluding hydrogens is 116 g/mol. The van der Waals surface area contributed by atoms with Crippen molar-refractivity contribution >= 4 is 10.5 Å². The molecule has 0 atom stereocenters. The standard InChI is InChI=1S/C2H6O4Si/c1-2-3-4-5-6-7/h2H,1H2,7H3. The van der Waals surface area contributed by atoms with E-state index < -0.39 is 0 Å². The predicted octanol–water partition coefficient (Wildman–Crippen LogP) is -0.778. The van der Waals surface area contributed by atoms with Crippen LogP contribution in [0.1, 0.15) is 0 Å². The summed E-state index contributed by atoms with van der Waals surface area (Å²) in [6.45, 7) is 3.16. The molecule has 7 heavy (non-hydrogen) atoms. The molecule has 0 aromatic heterocycles. The van der Waals surface area contributed by atoms with Crippen molar-refractivity contribution in [2.75, 3.05) is 0 Å². The first-order valence-corrected chi connectivity index (χ1v) is 2.37. The maximum atomic E-state index is 4.09. The molecule has 0 saturated carbocycles. The second kappa shape index (κ2) is 5.64. The smallest absolute Gasteiger partial charge is 0.197 e. The Bertz CT molecular complexity index is 47.0. The molecule has 0 spiro atoms. The van der Waals surface area contributed by atoms with Crippen molar-refractivity contribution in [3.63, 3.8) is 0 Å². The lowest BCUT2D eigenvalue weighted by Gasteiger charge is -1.92. The largest absolute Gasteiger partial charge is 0.315 e. The molecule has 0 N–H and O–H groups in total. The van der Waals surface area contributed by atoms with E-state index in [1.54, 1.807) is 0 Å². The van der Waals surface area contributed by atoms with Crippen LogP contribution in [0.2, 0.25) is 0 Å². The molecule has 5 heteroatoms. The van der Waals surface area contributed by atoms with Gasteiger partial charge in [0.25, 0.3) is 0 Å². The van der Waals surface area contributed by atoms with Gasteiger partial charge in [0.15, 0.2) is 10.5 Å². The van der Waals surface area contributed by atoms with Gasteiger partial charge in [0.2, 0.25) is 0 Å². The van der Waals surface area contributed by atoms with E-state index in [4.69, 9.17) is 0 Å². The molecule has 0 amide bonds. The third-order valence-corrected chi connectivity index (χ3v) is 0.339. The van der Waals surface area contributed by atoms with E-state index in [0.29, 0.717) is 10.5 Å². The highest BCUT2D eigenvalue weighted by molar-refractivity contribution is 5.97. The minimum atomic E-state index is 0.444. The van der Waals surface area contributed by atoms with Gasteiger partial charge in [0.05, 0.1) is 0 Å². The first-order chi connectivity index (χ1) is 3.41. The van der Waals surface area contributed by atoms with E-state index in [9.17, 15) is 0 Å². The molecule has 0 saturated heterocycles. The molecule has 0 aliphatic heterocycles. The maximum absolute atomic E-state index is 4.09. The Morgan fingerprint density at radius 1 is 1.43 bits per heavy atom. The Labute approximate surface area is 44.0 Å². The first-order valence-electron chi connectivity index (χ1n) is 1.55. The topological polar surface area (TPSA) is 36.9 Å². The summed E-state index contributed by atoms with van der Waals surface area (Å²) in [5.41, 5.74) is 0. The molecule has 0 heterocycles. The number of rotatable bonds is 4. The SMILES string of the molecule is C=COOOO[SiH3]. The fourth-order valence-corrected chi connectivity index (χ4v) is 0.127. The average molecular weight is 122 g/mol. The highest BCUT2D eigenvalue weighted by Crippen LogP contribution is 1.77. The molecule has 42 valence electrons. The number of hydrogen-bond acceptors (Lipinski definition) is 4. The molecule has 0 fully saturated rings. The van der Waals surface area contributed by atoms with Crippen LogP contribution in [0, 0.1) is 0 Å². The Kier molecular flexibility index (Phi) is 5.34. The summed E-state index contributed by atoms with van der Waals surface area (Å²) in [6, 6.07) is 0. The maximum Gasteiger partial charge on any atom is 0.197 e. The molecule has 0 radical (unpaired) electrons. The van der Waals surface area contributed by atoms with Crippen molar-refractivity contribution in [3.8, 4) is 0 Å². The van der Waals surface area contributed by atoms with E-state index in [-0.39, 0.29) is 0 Å². The third-order valence-electron chi connectivity index (χ3n) is 0.203. The Balaban J connectivity index is 2.56. The van der Waals surface area contributed by atoms with Crippen LogP contribution in [-0.2, 0) is 19.5 Å². The van der Waals surface area contributed by atoms with Crippen LogP contribution in [0.15, 0.2) is 12.8 Å². The van der Waals surface area contributed by atoms with Crippen LogP contribution in [-0.4, -0.2) is 10.5 Å². The average Bonchev–Trinajstić information content (AvgIpc) is 1.69. The van der Waals surface area contributed by atoms with Crippen LogP contribution in [0.25, 0.3) is 0 Å². The molecule has 0 aromatic rings. The summed E-state index contributed by atoms with van der Waals surface area (Å²) < 4.78 is 4.09. The van der Waals surface area contributed by atoms with Gasteiger partial charge in [0.1, 0.15) is 6.26 Å². The van der Waals surface area contributed by atoms with Gasteiger partial charge in [-0.1, -0.05) is 6.58 Å². The molecule has 4 nitrogen and oxygen atoms in total. The Morgan fingerprint density at radius 3 is 2.57 bits per heavy atom. The quantitative estimate of drug-likeness (QED) is 0.161. The fourth-order valence-electron chi connectivity index (χ4n) is 0.0716. The summed E-state index contributed by atoms with van der Waals surface area (Å²) >= 11 is 0. The summed E-state index contributed by atoms with van der Waals surface area (Å²) in [5, 5.41) is 7.67. The van der Waals surface area contributed by atoms with Crippen molar-refractivity contribution in [3.05, 3.63) is 12.8 Å². The Morgan fingerprint density at radius 2 is 2.14 bits per heavy atom. The van der Waals surface area contributed by atoms with E-state index in [1.807, 2.05) is 0 Å². The van der Waals surface area contributed by atoms with Gasteiger partial charge in [-0.25, -0.2) is 0 Å². The second-order valence-electron chi connectivity index (χ2n) is 0.566. The molecule has 0 bridgehead atoms. The van der Waals surface area contributed by atoms with Gasteiger partial charge in [0, 0.05) is 5.04 Å². The summed E-state index contributed by atoms with van der Waals surface area (Å²) in [5.74, 6) is 0. The summed E-state index contributed by atoms with van der Waals surface area (Å²) in [6.07, 6.45) is 1.07. The van der Waals surface area contributed by atoms with Crippen molar-refractivity contribution in [1.82, 2.24) is 0 Å². The Hall–Kier alpha value is -0.363. The normalized spacial score (nSPS) is 8.57. The monoisotopic (exact) mass is 122 g/mol. The van der Waals surface area contributed by atoms with Crippen molar-refractivity contribution in [2.45, 2.75) is 0 Å². The van der Waals surface area contributed by atoms with E-state index in [0.717, 1.165) is 6.26 Å². The van der Waals surface area contributed by atoms with Crippen LogP contribution in [0.4, 0.5) is 0 Å². The lowest BCUT2D eigenvalue weighted by molar-refractivity contribution is -0.593. The molecule has 0 aliphatic rings. The highest BCUT2D eigenvalue weighted by atomic mass is 28.2. The molecule has 0 rings (SSSR count). The van der Waals surface area contributed by atoms with Gasteiger partial charge in [-0.3, -0.25) is 4.58 Å². The zero-order valence-corrected chi connectivity index (χ0v) is 5.92. The molecule has 0 unspecified atom stereocenters. The van der Waals surface area contributed by atoms with Crippen molar-refractivity contribution in [1.29, 1.82) is 0 Å². The lowest BCUT2D eigenvalue weighted by Crippen LogP contribution is -1.89. The van der Waals surface area contributed by atoms with Gasteiger partial charge in [-0.2, -0.15) is 0 Å². The minimum Gasteiger partial charge on any atom is -0.315 e. The van der Waals surface area contributed by atoms with Crippen LogP contribution in [0.3, 0.4) is 0 Å². The highest BCUT2D eigenvalue weighted by Gasteiger charge is 1.74. The molecular formula is C2H6O4Si. The van der Waals surface area contributed by atoms with Gasteiger partial charge < -0.3 is 4.89 Å². The van der Waals surface area contributed by atoms with E-state index in [2.05, 4.69) is 26.1 Å². The van der Waals surface area contributed by atoms with E-state index >= 15 is 0 Å². The molecule has 0 aromatic carbocycles. The van der Waals surface area contributed by atoms with Crippen LogP contribution in [0.5, 0.6) is 0 Å². The fraction of sp³-hybridized carbons (Fsp3) is 0.